The van der Waals surface area contributed by atoms with Crippen LogP contribution in [0, 0.1) is 6.92 Å². The summed E-state index contributed by atoms with van der Waals surface area (Å²) in [5.74, 6) is 1.18. The van der Waals surface area contributed by atoms with Crippen molar-refractivity contribution in [1.29, 1.82) is 0 Å². The maximum Gasteiger partial charge on any atom is 0.186 e. The molecule has 0 aliphatic heterocycles. The van der Waals surface area contributed by atoms with Crippen molar-refractivity contribution in [3.63, 3.8) is 0 Å². The summed E-state index contributed by atoms with van der Waals surface area (Å²) in [6.07, 6.45) is 1.48. The lowest BCUT2D eigenvalue weighted by molar-refractivity contribution is 0.0946. The number of carbonyl (C=O) groups is 1. The van der Waals surface area contributed by atoms with Crippen molar-refractivity contribution in [2.24, 2.45) is 5.73 Å². The molecule has 0 saturated heterocycles. The molecule has 2 rings (SSSR count). The molecule has 1 saturated carbocycles. The van der Waals surface area contributed by atoms with Crippen LogP contribution in [-0.2, 0) is 0 Å². The summed E-state index contributed by atoms with van der Waals surface area (Å²) in [6, 6.07) is 3.52. The molecule has 1 aliphatic rings. The number of hydrogen-bond donors (Lipinski definition) is 1. The minimum Gasteiger partial charge on any atom is -0.496 e. The third kappa shape index (κ3) is 2.00. The van der Waals surface area contributed by atoms with Crippen molar-refractivity contribution in [1.82, 2.24) is 0 Å². The average Bonchev–Trinajstić information content (AvgIpc) is 3.07. The van der Waals surface area contributed by atoms with Crippen molar-refractivity contribution in [2.45, 2.75) is 25.3 Å². The Morgan fingerprint density at radius 2 is 1.82 bits per heavy atom. The summed E-state index contributed by atoms with van der Waals surface area (Å²) >= 11 is 0. The molecule has 0 spiro atoms. The smallest absolute Gasteiger partial charge is 0.186 e. The summed E-state index contributed by atoms with van der Waals surface area (Å²) in [6.45, 7) is 1.91. The zero-order valence-corrected chi connectivity index (χ0v) is 10.4. The second kappa shape index (κ2) is 4.04. The van der Waals surface area contributed by atoms with Gasteiger partial charge < -0.3 is 15.2 Å². The summed E-state index contributed by atoms with van der Waals surface area (Å²) in [4.78, 5) is 12.2. The number of aryl methyl sites for hydroxylation is 1. The standard InChI is InChI=1S/C13H17NO3/c1-8-6-11(17-3)9(7-10(8)16-2)12(15)13(14)4-5-13/h6-7H,4-5,14H2,1-3H3. The van der Waals surface area contributed by atoms with E-state index in [2.05, 4.69) is 0 Å². The number of carbonyl (C=O) groups excluding carboxylic acids is 1. The molecule has 0 bridgehead atoms. The molecule has 0 aromatic heterocycles. The minimum atomic E-state index is -0.687. The fourth-order valence-corrected chi connectivity index (χ4v) is 1.86. The van der Waals surface area contributed by atoms with E-state index in [1.807, 2.05) is 6.92 Å². The van der Waals surface area contributed by atoms with E-state index in [0.29, 0.717) is 17.1 Å². The Balaban J connectivity index is 2.47. The zero-order chi connectivity index (χ0) is 12.6. The van der Waals surface area contributed by atoms with Crippen molar-refractivity contribution in [3.05, 3.63) is 23.3 Å². The average molecular weight is 235 g/mol. The first-order valence-electron chi connectivity index (χ1n) is 5.58. The number of nitrogens with two attached hydrogens (primary N) is 1. The normalized spacial score (nSPS) is 16.5. The molecule has 4 heteroatoms. The van der Waals surface area contributed by atoms with Crippen LogP contribution < -0.4 is 15.2 Å². The highest BCUT2D eigenvalue weighted by molar-refractivity contribution is 6.07. The molecule has 1 fully saturated rings. The van der Waals surface area contributed by atoms with Gasteiger partial charge >= 0.3 is 0 Å². The van der Waals surface area contributed by atoms with Gasteiger partial charge in [0.15, 0.2) is 5.78 Å². The molecule has 0 radical (unpaired) electrons. The van der Waals surface area contributed by atoms with Crippen LogP contribution in [0.25, 0.3) is 0 Å². The van der Waals surface area contributed by atoms with Crippen LogP contribution in [0.2, 0.25) is 0 Å². The first-order valence-corrected chi connectivity index (χ1v) is 5.58. The first kappa shape index (κ1) is 11.9. The predicted octanol–water partition coefficient (Wildman–Crippen LogP) is 1.69. The van der Waals surface area contributed by atoms with Gasteiger partial charge in [-0.15, -0.1) is 0 Å². The summed E-state index contributed by atoms with van der Waals surface area (Å²) in [5, 5.41) is 0. The maximum absolute atomic E-state index is 12.2. The fourth-order valence-electron chi connectivity index (χ4n) is 1.86. The van der Waals surface area contributed by atoms with E-state index in [4.69, 9.17) is 15.2 Å². The Bertz CT molecular complexity index is 464. The Hall–Kier alpha value is -1.55. The van der Waals surface area contributed by atoms with Crippen molar-refractivity contribution < 1.29 is 14.3 Å². The van der Waals surface area contributed by atoms with Gasteiger partial charge in [0.05, 0.1) is 25.3 Å². The molecule has 2 N–H and O–H groups in total. The second-order valence-corrected chi connectivity index (χ2v) is 4.51. The van der Waals surface area contributed by atoms with E-state index in [9.17, 15) is 4.79 Å². The van der Waals surface area contributed by atoms with Crippen LogP contribution in [0.5, 0.6) is 11.5 Å². The third-order valence-corrected chi connectivity index (χ3v) is 3.20. The highest BCUT2D eigenvalue weighted by Crippen LogP contribution is 2.39. The summed E-state index contributed by atoms with van der Waals surface area (Å²) in [7, 11) is 3.13. The molecule has 4 nitrogen and oxygen atoms in total. The second-order valence-electron chi connectivity index (χ2n) is 4.51. The van der Waals surface area contributed by atoms with E-state index in [-0.39, 0.29) is 5.78 Å². The summed E-state index contributed by atoms with van der Waals surface area (Å²) in [5.41, 5.74) is 6.68. The molecule has 0 amide bonds. The number of hydrogen-bond acceptors (Lipinski definition) is 4. The molecule has 0 heterocycles. The van der Waals surface area contributed by atoms with Gasteiger partial charge in [-0.05, 0) is 37.5 Å². The van der Waals surface area contributed by atoms with E-state index in [0.717, 1.165) is 18.4 Å². The van der Waals surface area contributed by atoms with Crippen LogP contribution in [0.3, 0.4) is 0 Å². The van der Waals surface area contributed by atoms with Crippen molar-refractivity contribution >= 4 is 5.78 Å². The van der Waals surface area contributed by atoms with Gasteiger partial charge in [-0.1, -0.05) is 0 Å². The highest BCUT2D eigenvalue weighted by Gasteiger charge is 2.47. The Kier molecular flexibility index (Phi) is 2.83. The minimum absolute atomic E-state index is 0.0624. The number of rotatable bonds is 4. The zero-order valence-electron chi connectivity index (χ0n) is 10.4. The molecule has 17 heavy (non-hydrogen) atoms. The van der Waals surface area contributed by atoms with E-state index in [1.54, 1.807) is 26.4 Å². The van der Waals surface area contributed by atoms with Gasteiger partial charge in [-0.2, -0.15) is 0 Å². The number of ether oxygens (including phenoxy) is 2. The highest BCUT2D eigenvalue weighted by atomic mass is 16.5. The van der Waals surface area contributed by atoms with Crippen molar-refractivity contribution in [2.75, 3.05) is 14.2 Å². The van der Waals surface area contributed by atoms with Crippen LogP contribution in [0.4, 0.5) is 0 Å². The molecular formula is C13H17NO3. The fraction of sp³-hybridized carbons (Fsp3) is 0.462. The lowest BCUT2D eigenvalue weighted by atomic mass is 10.00. The molecule has 92 valence electrons. The number of methoxy groups -OCH3 is 2. The molecule has 1 aromatic carbocycles. The maximum atomic E-state index is 12.2. The first-order chi connectivity index (χ1) is 8.01. The summed E-state index contributed by atoms with van der Waals surface area (Å²) < 4.78 is 10.5. The van der Waals surface area contributed by atoms with Crippen LogP contribution in [0.1, 0.15) is 28.8 Å². The molecule has 1 aromatic rings. The quantitative estimate of drug-likeness (QED) is 0.807. The lowest BCUT2D eigenvalue weighted by Gasteiger charge is -2.14. The SMILES string of the molecule is COc1cc(C(=O)C2(N)CC2)c(OC)cc1C. The van der Waals surface area contributed by atoms with Crippen LogP contribution in [0.15, 0.2) is 12.1 Å². The molecule has 0 atom stereocenters. The van der Waals surface area contributed by atoms with E-state index >= 15 is 0 Å². The Morgan fingerprint density at radius 3 is 2.29 bits per heavy atom. The third-order valence-electron chi connectivity index (χ3n) is 3.20. The van der Waals surface area contributed by atoms with Gasteiger partial charge in [0.1, 0.15) is 11.5 Å². The monoisotopic (exact) mass is 235 g/mol. The van der Waals surface area contributed by atoms with E-state index in [1.165, 1.54) is 0 Å². The molecular weight excluding hydrogens is 218 g/mol. The van der Waals surface area contributed by atoms with E-state index < -0.39 is 5.54 Å². The number of Topliss-reactive ketones (excluding diaryl/α,β-unsaturated/α-hetero) is 1. The van der Waals surface area contributed by atoms with Gasteiger partial charge in [0.2, 0.25) is 0 Å². The van der Waals surface area contributed by atoms with Gasteiger partial charge in [-0.25, -0.2) is 0 Å². The van der Waals surface area contributed by atoms with Crippen LogP contribution >= 0.6 is 0 Å². The number of benzene rings is 1. The largest absolute Gasteiger partial charge is 0.496 e. The Morgan fingerprint density at radius 1 is 1.24 bits per heavy atom. The van der Waals surface area contributed by atoms with Crippen molar-refractivity contribution in [3.8, 4) is 11.5 Å². The van der Waals surface area contributed by atoms with Gasteiger partial charge in [-0.3, -0.25) is 4.79 Å². The van der Waals surface area contributed by atoms with Gasteiger partial charge in [0.25, 0.3) is 0 Å². The molecule has 1 aliphatic carbocycles. The molecule has 0 unspecified atom stereocenters. The topological polar surface area (TPSA) is 61.5 Å². The van der Waals surface area contributed by atoms with Crippen LogP contribution in [-0.4, -0.2) is 25.5 Å². The lowest BCUT2D eigenvalue weighted by Crippen LogP contribution is -2.33. The Labute approximate surface area is 101 Å². The predicted molar refractivity (Wildman–Crippen MR) is 64.8 cm³/mol. The van der Waals surface area contributed by atoms with Gasteiger partial charge in [0, 0.05) is 0 Å². The number of ketones is 1.